The number of aromatic nitrogens is 2. The molecule has 0 radical (unpaired) electrons. The normalized spacial score (nSPS) is 12.4. The van der Waals surface area contributed by atoms with E-state index < -0.39 is 29.0 Å². The summed E-state index contributed by atoms with van der Waals surface area (Å²) >= 11 is 0. The molecule has 0 amide bonds. The van der Waals surface area contributed by atoms with Crippen molar-refractivity contribution in [2.45, 2.75) is 26.2 Å². The van der Waals surface area contributed by atoms with Crippen molar-refractivity contribution >= 4 is 49.3 Å². The molecule has 0 bridgehead atoms. The Bertz CT molecular complexity index is 2580. The molecule has 2 heterocycles. The molecule has 8 aromatic rings. The number of hydrogen-bond donors (Lipinski definition) is 0. The Kier molecular flexibility index (Phi) is 6.88. The van der Waals surface area contributed by atoms with Gasteiger partial charge in [-0.1, -0.05) is 78.9 Å². The van der Waals surface area contributed by atoms with E-state index in [0.29, 0.717) is 22.1 Å². The zero-order valence-corrected chi connectivity index (χ0v) is 26.6. The average molecular weight is 674 g/mol. The third-order valence-electron chi connectivity index (χ3n) is 9.28. The summed E-state index contributed by atoms with van der Waals surface area (Å²) < 4.78 is 93.8. The van der Waals surface area contributed by atoms with Crippen molar-refractivity contribution in [3.05, 3.63) is 149 Å². The first kappa shape index (κ1) is 31.3. The predicted molar refractivity (Wildman–Crippen MR) is 186 cm³/mol. The molecule has 0 saturated carbocycles. The zero-order valence-electron chi connectivity index (χ0n) is 26.6. The molecule has 246 valence electrons. The summed E-state index contributed by atoms with van der Waals surface area (Å²) in [6.45, 7) is 11.7. The Balaban J connectivity index is 1.70. The largest absolute Gasteiger partial charge is 0.416 e. The van der Waals surface area contributed by atoms with Crippen LogP contribution in [0.15, 0.2) is 115 Å². The molecule has 9 heteroatoms. The molecule has 0 spiro atoms. The SMILES string of the molecule is [C-]#[N+]c1cccc(C(F)(F)F)c1-c1c(-n2c3ccccc3c3ccc(C)cc32)cc(C(F)(F)F)cc1-n1c2ccccc2c2ccc(C)cc21. The Morgan fingerprint density at radius 3 is 1.44 bits per heavy atom. The first-order chi connectivity index (χ1) is 23.9. The van der Waals surface area contributed by atoms with Gasteiger partial charge in [-0.15, -0.1) is 0 Å². The van der Waals surface area contributed by atoms with Gasteiger partial charge < -0.3 is 9.13 Å². The molecule has 0 aliphatic carbocycles. The van der Waals surface area contributed by atoms with Crippen LogP contribution in [-0.2, 0) is 12.4 Å². The molecule has 8 rings (SSSR count). The van der Waals surface area contributed by atoms with E-state index in [-0.39, 0.29) is 22.6 Å². The van der Waals surface area contributed by atoms with E-state index in [2.05, 4.69) is 4.85 Å². The predicted octanol–water partition coefficient (Wildman–Crippen LogP) is 12.8. The van der Waals surface area contributed by atoms with Crippen LogP contribution in [0.4, 0.5) is 32.0 Å². The number of halogens is 6. The quantitative estimate of drug-likeness (QED) is 0.131. The molecule has 0 saturated heterocycles. The summed E-state index contributed by atoms with van der Waals surface area (Å²) in [6, 6.07) is 30.5. The number of hydrogen-bond acceptors (Lipinski definition) is 0. The highest BCUT2D eigenvalue weighted by molar-refractivity contribution is 6.12. The Hall–Kier alpha value is -6.01. The second kappa shape index (κ2) is 11.0. The summed E-state index contributed by atoms with van der Waals surface area (Å²) in [5, 5.41) is 2.88. The minimum atomic E-state index is -4.94. The third kappa shape index (κ3) is 4.74. The van der Waals surface area contributed by atoms with E-state index >= 15 is 26.3 Å². The van der Waals surface area contributed by atoms with Gasteiger partial charge in [-0.05, 0) is 61.4 Å². The number of para-hydroxylation sites is 2. The topological polar surface area (TPSA) is 14.2 Å². The van der Waals surface area contributed by atoms with Gasteiger partial charge in [0.05, 0.1) is 51.1 Å². The molecule has 0 unspecified atom stereocenters. The lowest BCUT2D eigenvalue weighted by Gasteiger charge is -2.25. The van der Waals surface area contributed by atoms with Crippen LogP contribution < -0.4 is 0 Å². The summed E-state index contributed by atoms with van der Waals surface area (Å²) in [5.74, 6) is 0. The number of fused-ring (bicyclic) bond motifs is 6. The van der Waals surface area contributed by atoms with Crippen LogP contribution in [0, 0.1) is 20.4 Å². The van der Waals surface area contributed by atoms with Crippen molar-refractivity contribution in [3.63, 3.8) is 0 Å². The lowest BCUT2D eigenvalue weighted by Crippen LogP contribution is -2.13. The Labute approximate surface area is 282 Å². The maximum absolute atomic E-state index is 15.1. The molecule has 3 nitrogen and oxygen atoms in total. The van der Waals surface area contributed by atoms with Gasteiger partial charge in [-0.3, -0.25) is 0 Å². The minimum absolute atomic E-state index is 0.133. The van der Waals surface area contributed by atoms with E-state index in [0.717, 1.165) is 56.9 Å². The number of benzene rings is 6. The third-order valence-corrected chi connectivity index (χ3v) is 9.28. The van der Waals surface area contributed by atoms with Gasteiger partial charge in [0.15, 0.2) is 5.69 Å². The van der Waals surface area contributed by atoms with Crippen LogP contribution >= 0.6 is 0 Å². The van der Waals surface area contributed by atoms with Crippen LogP contribution in [0.25, 0.3) is 71.0 Å². The fraction of sp³-hybridized carbons (Fsp3) is 0.0976. The lowest BCUT2D eigenvalue weighted by molar-refractivity contribution is -0.138. The molecule has 0 N–H and O–H groups in total. The lowest BCUT2D eigenvalue weighted by atomic mass is 9.92. The van der Waals surface area contributed by atoms with Gasteiger partial charge in [0.25, 0.3) is 0 Å². The number of nitrogens with zero attached hydrogens (tertiary/aromatic N) is 3. The summed E-state index contributed by atoms with van der Waals surface area (Å²) in [7, 11) is 0. The van der Waals surface area contributed by atoms with Crippen LogP contribution in [-0.4, -0.2) is 9.13 Å². The van der Waals surface area contributed by atoms with Crippen molar-refractivity contribution in [3.8, 4) is 22.5 Å². The molecule has 6 aromatic carbocycles. The fourth-order valence-corrected chi connectivity index (χ4v) is 7.20. The summed E-state index contributed by atoms with van der Waals surface area (Å²) in [6.07, 6.45) is -9.82. The first-order valence-corrected chi connectivity index (χ1v) is 15.7. The molecular weight excluding hydrogens is 648 g/mol. The highest BCUT2D eigenvalue weighted by Crippen LogP contribution is 2.50. The molecule has 0 aliphatic rings. The van der Waals surface area contributed by atoms with Crippen LogP contribution in [0.5, 0.6) is 0 Å². The van der Waals surface area contributed by atoms with Gasteiger partial charge in [-0.25, -0.2) is 4.85 Å². The molecular formula is C41H25F6N3. The molecule has 0 atom stereocenters. The van der Waals surface area contributed by atoms with Crippen molar-refractivity contribution < 1.29 is 26.3 Å². The molecule has 2 aromatic heterocycles. The number of rotatable bonds is 3. The maximum atomic E-state index is 15.1. The standard InChI is InChI=1S/C41H25F6N3/c1-23-15-17-28-26-9-4-6-13-32(26)49(34(28)19-23)36-21-25(40(42,43)44)22-37(39(36)38-30(41(45,46)47)11-8-12-31(38)48-3)50-33-14-7-5-10-27(33)29-18-16-24(2)20-35(29)50/h4-22H,1-2H3. The monoisotopic (exact) mass is 673 g/mol. The van der Waals surface area contributed by atoms with Crippen LogP contribution in [0.2, 0.25) is 0 Å². The highest BCUT2D eigenvalue weighted by atomic mass is 19.4. The van der Waals surface area contributed by atoms with Crippen molar-refractivity contribution in [1.29, 1.82) is 0 Å². The van der Waals surface area contributed by atoms with Crippen molar-refractivity contribution in [1.82, 2.24) is 9.13 Å². The second-order valence-electron chi connectivity index (χ2n) is 12.4. The minimum Gasteiger partial charge on any atom is -0.309 e. The van der Waals surface area contributed by atoms with E-state index in [1.807, 2.05) is 62.4 Å². The van der Waals surface area contributed by atoms with E-state index in [4.69, 9.17) is 6.57 Å². The smallest absolute Gasteiger partial charge is 0.309 e. The Morgan fingerprint density at radius 2 is 0.980 bits per heavy atom. The molecule has 0 aliphatic heterocycles. The van der Waals surface area contributed by atoms with E-state index in [1.165, 1.54) is 6.07 Å². The van der Waals surface area contributed by atoms with Crippen molar-refractivity contribution in [2.75, 3.05) is 0 Å². The van der Waals surface area contributed by atoms with Crippen molar-refractivity contribution in [2.24, 2.45) is 0 Å². The molecule has 50 heavy (non-hydrogen) atoms. The average Bonchev–Trinajstić information content (AvgIpc) is 3.58. The van der Waals surface area contributed by atoms with Gasteiger partial charge in [0.2, 0.25) is 0 Å². The van der Waals surface area contributed by atoms with Gasteiger partial charge >= 0.3 is 12.4 Å². The fourth-order valence-electron chi connectivity index (χ4n) is 7.20. The number of alkyl halides is 6. The van der Waals surface area contributed by atoms with Gasteiger partial charge in [-0.2, -0.15) is 26.3 Å². The summed E-state index contributed by atoms with van der Waals surface area (Å²) in [5.41, 5.74) is 0.258. The summed E-state index contributed by atoms with van der Waals surface area (Å²) in [4.78, 5) is 3.52. The number of aryl methyl sites for hydroxylation is 2. The first-order valence-electron chi connectivity index (χ1n) is 15.7. The highest BCUT2D eigenvalue weighted by Gasteiger charge is 2.39. The maximum Gasteiger partial charge on any atom is 0.416 e. The van der Waals surface area contributed by atoms with Crippen LogP contribution in [0.3, 0.4) is 0 Å². The van der Waals surface area contributed by atoms with E-state index in [1.54, 1.807) is 45.5 Å². The Morgan fingerprint density at radius 1 is 0.500 bits per heavy atom. The van der Waals surface area contributed by atoms with Gasteiger partial charge in [0.1, 0.15) is 0 Å². The zero-order chi connectivity index (χ0) is 35.1. The van der Waals surface area contributed by atoms with Gasteiger partial charge in [0, 0.05) is 32.7 Å². The van der Waals surface area contributed by atoms with E-state index in [9.17, 15) is 0 Å². The molecule has 0 fully saturated rings. The van der Waals surface area contributed by atoms with Crippen LogP contribution in [0.1, 0.15) is 22.3 Å². The second-order valence-corrected chi connectivity index (χ2v) is 12.4.